The van der Waals surface area contributed by atoms with E-state index >= 15 is 0 Å². The van der Waals surface area contributed by atoms with Crippen LogP contribution in [0.25, 0.3) is 0 Å². The van der Waals surface area contributed by atoms with Gasteiger partial charge in [-0.3, -0.25) is 4.79 Å². The second kappa shape index (κ2) is 6.07. The molecule has 0 saturated heterocycles. The maximum Gasteiger partial charge on any atom is 0.286 e. The van der Waals surface area contributed by atoms with Crippen molar-refractivity contribution in [2.75, 3.05) is 18.1 Å². The summed E-state index contributed by atoms with van der Waals surface area (Å²) in [7, 11) is -2.20. The monoisotopic (exact) mass is 327 g/mol. The number of hydrogen-bond donors (Lipinski definition) is 2. The average molecular weight is 327 g/mol. The molecule has 1 amide bonds. The van der Waals surface area contributed by atoms with E-state index in [1.165, 1.54) is 7.05 Å². The smallest absolute Gasteiger partial charge is 0.286 e. The van der Waals surface area contributed by atoms with E-state index < -0.39 is 10.0 Å². The van der Waals surface area contributed by atoms with Crippen molar-refractivity contribution in [2.45, 2.75) is 24.7 Å². The molecular formula is C13H17N3O3S2. The first-order valence-electron chi connectivity index (χ1n) is 6.43. The Morgan fingerprint density at radius 3 is 2.76 bits per heavy atom. The lowest BCUT2D eigenvalue weighted by molar-refractivity contribution is -0.118. The van der Waals surface area contributed by atoms with E-state index in [9.17, 15) is 13.2 Å². The minimum absolute atomic E-state index is 0.108. The van der Waals surface area contributed by atoms with Crippen LogP contribution in [0.5, 0.6) is 0 Å². The molecule has 0 fully saturated rings. The molecule has 0 saturated carbocycles. The fourth-order valence-corrected chi connectivity index (χ4v) is 3.92. The summed E-state index contributed by atoms with van der Waals surface area (Å²) in [5, 5.41) is 5.64. The Bertz CT molecular complexity index is 697. The predicted molar refractivity (Wildman–Crippen MR) is 85.3 cm³/mol. The van der Waals surface area contributed by atoms with Crippen LogP contribution in [0.3, 0.4) is 0 Å². The predicted octanol–water partition coefficient (Wildman–Crippen LogP) is 1.76. The number of thioether (sulfide) groups is 1. The summed E-state index contributed by atoms with van der Waals surface area (Å²) in [6, 6.07) is 5.27. The zero-order valence-electron chi connectivity index (χ0n) is 12.0. The minimum atomic E-state index is -3.73. The van der Waals surface area contributed by atoms with Crippen molar-refractivity contribution in [3.8, 4) is 0 Å². The highest BCUT2D eigenvalue weighted by Gasteiger charge is 2.26. The Hall–Kier alpha value is -1.54. The van der Waals surface area contributed by atoms with Crippen molar-refractivity contribution in [3.63, 3.8) is 0 Å². The summed E-state index contributed by atoms with van der Waals surface area (Å²) in [6.45, 7) is 4.00. The van der Waals surface area contributed by atoms with Crippen molar-refractivity contribution in [3.05, 3.63) is 23.8 Å². The van der Waals surface area contributed by atoms with Crippen LogP contribution in [-0.2, 0) is 14.8 Å². The third-order valence-electron chi connectivity index (χ3n) is 3.01. The molecule has 6 nitrogen and oxygen atoms in total. The van der Waals surface area contributed by atoms with Gasteiger partial charge in [0.1, 0.15) is 4.90 Å². The van der Waals surface area contributed by atoms with Gasteiger partial charge in [0.15, 0.2) is 5.17 Å². The molecule has 0 bridgehead atoms. The lowest BCUT2D eigenvalue weighted by Crippen LogP contribution is -2.24. The normalized spacial score (nSPS) is 15.9. The van der Waals surface area contributed by atoms with Crippen LogP contribution in [0.1, 0.15) is 25.3 Å². The highest BCUT2D eigenvalue weighted by Crippen LogP contribution is 2.32. The number of rotatable bonds is 3. The topological polar surface area (TPSA) is 87.6 Å². The molecule has 0 aliphatic carbocycles. The molecule has 1 aromatic rings. The number of amidine groups is 1. The van der Waals surface area contributed by atoms with Crippen LogP contribution in [0, 0.1) is 0 Å². The van der Waals surface area contributed by atoms with Gasteiger partial charge >= 0.3 is 0 Å². The fraction of sp³-hybridized carbons (Fsp3) is 0.385. The maximum absolute atomic E-state index is 12.2. The lowest BCUT2D eigenvalue weighted by Gasteiger charge is -2.19. The first-order valence-corrected chi connectivity index (χ1v) is 8.85. The Labute approximate surface area is 128 Å². The van der Waals surface area contributed by atoms with Gasteiger partial charge in [-0.25, -0.2) is 0 Å². The van der Waals surface area contributed by atoms with E-state index in [-0.39, 0.29) is 27.6 Å². The molecule has 0 unspecified atom stereocenters. The van der Waals surface area contributed by atoms with Gasteiger partial charge in [-0.05, 0) is 23.6 Å². The molecule has 0 aromatic heterocycles. The molecule has 1 aromatic carbocycles. The zero-order valence-corrected chi connectivity index (χ0v) is 13.6. The minimum Gasteiger partial charge on any atom is -0.358 e. The number of carbonyl (C=O) groups excluding carboxylic acids is 1. The van der Waals surface area contributed by atoms with E-state index in [1.54, 1.807) is 12.1 Å². The van der Waals surface area contributed by atoms with E-state index in [2.05, 4.69) is 15.0 Å². The second-order valence-corrected chi connectivity index (χ2v) is 7.41. The molecule has 0 atom stereocenters. The van der Waals surface area contributed by atoms with Gasteiger partial charge in [0.2, 0.25) is 5.91 Å². The van der Waals surface area contributed by atoms with Gasteiger partial charge < -0.3 is 10.6 Å². The molecular weight excluding hydrogens is 310 g/mol. The van der Waals surface area contributed by atoms with Crippen molar-refractivity contribution >= 4 is 38.5 Å². The van der Waals surface area contributed by atoms with Gasteiger partial charge in [-0.15, -0.1) is 4.40 Å². The summed E-state index contributed by atoms with van der Waals surface area (Å²) >= 11 is 1.05. The number of benzene rings is 1. The lowest BCUT2D eigenvalue weighted by atomic mass is 10.0. The van der Waals surface area contributed by atoms with Crippen LogP contribution in [0.4, 0.5) is 5.69 Å². The third kappa shape index (κ3) is 3.56. The van der Waals surface area contributed by atoms with Gasteiger partial charge in [-0.1, -0.05) is 31.7 Å². The Morgan fingerprint density at radius 2 is 2.14 bits per heavy atom. The summed E-state index contributed by atoms with van der Waals surface area (Å²) in [5.74, 6) is 0.151. The van der Waals surface area contributed by atoms with Crippen LogP contribution in [0.2, 0.25) is 0 Å². The molecule has 1 aliphatic rings. The molecule has 0 spiro atoms. The SMILES string of the molecule is CNC(=O)CSC1=NS(=O)(=O)c2cc(C(C)C)ccc2N1. The highest BCUT2D eigenvalue weighted by atomic mass is 32.2. The van der Waals surface area contributed by atoms with Crippen molar-refractivity contribution in [2.24, 2.45) is 4.40 Å². The molecule has 0 radical (unpaired) electrons. The van der Waals surface area contributed by atoms with Crippen LogP contribution < -0.4 is 10.6 Å². The number of nitrogens with zero attached hydrogens (tertiary/aromatic N) is 1. The van der Waals surface area contributed by atoms with Gasteiger partial charge in [-0.2, -0.15) is 8.42 Å². The van der Waals surface area contributed by atoms with E-state index in [4.69, 9.17) is 0 Å². The van der Waals surface area contributed by atoms with Crippen LogP contribution >= 0.6 is 11.8 Å². The second-order valence-electron chi connectivity index (χ2n) is 4.87. The van der Waals surface area contributed by atoms with E-state index in [0.717, 1.165) is 17.3 Å². The Morgan fingerprint density at radius 1 is 1.43 bits per heavy atom. The number of hydrogen-bond acceptors (Lipinski definition) is 5. The number of fused-ring (bicyclic) bond motifs is 1. The van der Waals surface area contributed by atoms with Gasteiger partial charge in [0.05, 0.1) is 11.4 Å². The van der Waals surface area contributed by atoms with Gasteiger partial charge in [0, 0.05) is 7.05 Å². The number of amides is 1. The zero-order chi connectivity index (χ0) is 15.6. The Kier molecular flexibility index (Phi) is 4.58. The molecule has 2 N–H and O–H groups in total. The number of nitrogens with one attached hydrogen (secondary N) is 2. The molecule has 1 aliphatic heterocycles. The molecule has 1 heterocycles. The van der Waals surface area contributed by atoms with Crippen LogP contribution in [-0.4, -0.2) is 32.3 Å². The molecule has 21 heavy (non-hydrogen) atoms. The molecule has 8 heteroatoms. The number of carbonyl (C=O) groups is 1. The fourth-order valence-electron chi connectivity index (χ4n) is 1.78. The quantitative estimate of drug-likeness (QED) is 0.883. The van der Waals surface area contributed by atoms with Crippen LogP contribution in [0.15, 0.2) is 27.5 Å². The molecule has 2 rings (SSSR count). The van der Waals surface area contributed by atoms with Crippen molar-refractivity contribution in [1.82, 2.24) is 5.32 Å². The van der Waals surface area contributed by atoms with Crippen molar-refractivity contribution < 1.29 is 13.2 Å². The third-order valence-corrected chi connectivity index (χ3v) is 5.32. The molecule has 114 valence electrons. The largest absolute Gasteiger partial charge is 0.358 e. The summed E-state index contributed by atoms with van der Waals surface area (Å²) in [4.78, 5) is 11.4. The standard InChI is InChI=1S/C13H17N3O3S2/c1-8(2)9-4-5-10-11(6-9)21(18,19)16-13(15-10)20-7-12(17)14-3/h4-6,8H,7H2,1-3H3,(H,14,17)(H,15,16). The number of sulfonamides is 1. The van der Waals surface area contributed by atoms with E-state index in [0.29, 0.717) is 5.69 Å². The first-order chi connectivity index (χ1) is 9.83. The average Bonchev–Trinajstić information content (AvgIpc) is 2.43. The van der Waals surface area contributed by atoms with E-state index in [1.807, 2.05) is 19.9 Å². The number of anilines is 1. The first kappa shape index (κ1) is 15.8. The Balaban J connectivity index is 2.29. The van der Waals surface area contributed by atoms with Gasteiger partial charge in [0.25, 0.3) is 10.0 Å². The summed E-state index contributed by atoms with van der Waals surface area (Å²) in [5.41, 5.74) is 1.43. The highest BCUT2D eigenvalue weighted by molar-refractivity contribution is 8.15. The maximum atomic E-state index is 12.2. The summed E-state index contributed by atoms with van der Waals surface area (Å²) < 4.78 is 28.2. The van der Waals surface area contributed by atoms with Crippen molar-refractivity contribution in [1.29, 1.82) is 0 Å². The summed E-state index contributed by atoms with van der Waals surface area (Å²) in [6.07, 6.45) is 0.